The average molecular weight is 276 g/mol. The minimum absolute atomic E-state index is 0.259. The molecule has 0 radical (unpaired) electrons. The van der Waals surface area contributed by atoms with E-state index < -0.39 is 29.2 Å². The zero-order chi connectivity index (χ0) is 13.4. The van der Waals surface area contributed by atoms with E-state index in [4.69, 9.17) is 0 Å². The van der Waals surface area contributed by atoms with E-state index in [1.165, 1.54) is 6.26 Å². The van der Waals surface area contributed by atoms with Crippen molar-refractivity contribution in [1.29, 1.82) is 0 Å². The first-order valence-electron chi connectivity index (χ1n) is 4.13. The molecule has 0 amide bonds. The molecule has 0 atom stereocenters. The second-order valence-electron chi connectivity index (χ2n) is 3.03. The first kappa shape index (κ1) is 14.0. The maximum Gasteiger partial charge on any atom is 0.420 e. The molecule has 1 aromatic rings. The molecule has 0 bridgehead atoms. The molecule has 0 fully saturated rings. The summed E-state index contributed by atoms with van der Waals surface area (Å²) >= 11 is 0.728. The summed E-state index contributed by atoms with van der Waals surface area (Å²) in [6.45, 7) is 0. The van der Waals surface area contributed by atoms with Gasteiger partial charge < -0.3 is 5.11 Å². The molecular weight excluding hydrogens is 270 g/mol. The van der Waals surface area contributed by atoms with Gasteiger partial charge in [-0.2, -0.15) is 26.3 Å². The summed E-state index contributed by atoms with van der Waals surface area (Å²) < 4.78 is 74.6. The first-order chi connectivity index (χ1) is 7.59. The molecule has 0 spiro atoms. The van der Waals surface area contributed by atoms with E-state index in [-0.39, 0.29) is 4.90 Å². The van der Waals surface area contributed by atoms with Crippen LogP contribution in [0.5, 0.6) is 5.75 Å². The topological polar surface area (TPSA) is 20.2 Å². The van der Waals surface area contributed by atoms with Crippen LogP contribution in [0.2, 0.25) is 0 Å². The largest absolute Gasteiger partial charge is 0.506 e. The molecule has 0 heterocycles. The van der Waals surface area contributed by atoms with Crippen molar-refractivity contribution in [3.8, 4) is 5.75 Å². The van der Waals surface area contributed by atoms with E-state index in [0.29, 0.717) is 6.07 Å². The Labute approximate surface area is 96.4 Å². The number of benzene rings is 1. The number of aromatic hydroxyl groups is 1. The second-order valence-corrected chi connectivity index (χ2v) is 3.88. The van der Waals surface area contributed by atoms with Crippen molar-refractivity contribution in [3.05, 3.63) is 23.3 Å². The van der Waals surface area contributed by atoms with Gasteiger partial charge in [0.1, 0.15) is 11.3 Å². The van der Waals surface area contributed by atoms with E-state index in [9.17, 15) is 31.4 Å². The van der Waals surface area contributed by atoms with Crippen LogP contribution in [0.25, 0.3) is 0 Å². The number of thioether (sulfide) groups is 1. The van der Waals surface area contributed by atoms with Gasteiger partial charge >= 0.3 is 12.4 Å². The summed E-state index contributed by atoms with van der Waals surface area (Å²) in [5.74, 6) is -1.39. The Bertz CT molecular complexity index is 423. The first-order valence-corrected chi connectivity index (χ1v) is 5.36. The fourth-order valence-corrected chi connectivity index (χ4v) is 1.76. The minimum atomic E-state index is -5.26. The van der Waals surface area contributed by atoms with Gasteiger partial charge in [-0.1, -0.05) is 0 Å². The predicted octanol–water partition coefficient (Wildman–Crippen LogP) is 4.15. The Kier molecular flexibility index (Phi) is 3.56. The van der Waals surface area contributed by atoms with Crippen molar-refractivity contribution >= 4 is 11.8 Å². The fourth-order valence-electron chi connectivity index (χ4n) is 1.26. The number of alkyl halides is 6. The van der Waals surface area contributed by atoms with Gasteiger partial charge in [0.25, 0.3) is 0 Å². The van der Waals surface area contributed by atoms with Crippen molar-refractivity contribution < 1.29 is 31.4 Å². The lowest BCUT2D eigenvalue weighted by Crippen LogP contribution is -2.16. The van der Waals surface area contributed by atoms with Crippen LogP contribution in [0.4, 0.5) is 26.3 Å². The third kappa shape index (κ3) is 2.80. The summed E-state index contributed by atoms with van der Waals surface area (Å²) in [4.78, 5) is -0.259. The minimum Gasteiger partial charge on any atom is -0.506 e. The number of rotatable bonds is 1. The van der Waals surface area contributed by atoms with Crippen LogP contribution in [0, 0.1) is 0 Å². The molecule has 0 aliphatic carbocycles. The Balaban J connectivity index is 3.59. The summed E-state index contributed by atoms with van der Waals surface area (Å²) in [6, 6.07) is 1.12. The molecule has 0 aromatic heterocycles. The van der Waals surface area contributed by atoms with Crippen molar-refractivity contribution in [2.24, 2.45) is 0 Å². The molecule has 1 N–H and O–H groups in total. The van der Waals surface area contributed by atoms with E-state index >= 15 is 0 Å². The van der Waals surface area contributed by atoms with E-state index in [1.54, 1.807) is 0 Å². The molecule has 8 heteroatoms. The highest BCUT2D eigenvalue weighted by molar-refractivity contribution is 7.98. The third-order valence-electron chi connectivity index (χ3n) is 1.95. The normalized spacial score (nSPS) is 12.9. The highest BCUT2D eigenvalue weighted by Gasteiger charge is 2.45. The van der Waals surface area contributed by atoms with E-state index in [2.05, 4.69) is 0 Å². The maximum atomic E-state index is 12.5. The Morgan fingerprint density at radius 1 is 1.00 bits per heavy atom. The molecule has 1 nitrogen and oxygen atoms in total. The highest BCUT2D eigenvalue weighted by atomic mass is 32.2. The molecule has 1 rings (SSSR count). The summed E-state index contributed by atoms with van der Waals surface area (Å²) in [6.07, 6.45) is -9.08. The molecule has 0 saturated carbocycles. The van der Waals surface area contributed by atoms with Gasteiger partial charge in [0, 0.05) is 4.90 Å². The van der Waals surface area contributed by atoms with Gasteiger partial charge in [-0.05, 0) is 18.4 Å². The average Bonchev–Trinajstić information content (AvgIpc) is 2.13. The Morgan fingerprint density at radius 3 is 1.88 bits per heavy atom. The van der Waals surface area contributed by atoms with E-state index in [0.717, 1.165) is 17.8 Å². The summed E-state index contributed by atoms with van der Waals surface area (Å²) in [7, 11) is 0. The lowest BCUT2D eigenvalue weighted by molar-refractivity contribution is -0.163. The monoisotopic (exact) mass is 276 g/mol. The zero-order valence-electron chi connectivity index (χ0n) is 8.28. The van der Waals surface area contributed by atoms with Gasteiger partial charge in [-0.15, -0.1) is 11.8 Å². The lowest BCUT2D eigenvalue weighted by Gasteiger charge is -2.18. The number of hydrogen-bond donors (Lipinski definition) is 1. The Hall–Kier alpha value is -1.05. The van der Waals surface area contributed by atoms with Crippen LogP contribution in [-0.4, -0.2) is 11.4 Å². The maximum absolute atomic E-state index is 12.5. The summed E-state index contributed by atoms with van der Waals surface area (Å²) in [5.41, 5.74) is -3.93. The smallest absolute Gasteiger partial charge is 0.420 e. The van der Waals surface area contributed by atoms with Crippen LogP contribution in [-0.2, 0) is 12.4 Å². The summed E-state index contributed by atoms with van der Waals surface area (Å²) in [5, 5.41) is 9.23. The van der Waals surface area contributed by atoms with Crippen molar-refractivity contribution in [2.45, 2.75) is 17.2 Å². The van der Waals surface area contributed by atoms with Crippen LogP contribution < -0.4 is 0 Å². The van der Waals surface area contributed by atoms with Crippen molar-refractivity contribution in [2.75, 3.05) is 6.26 Å². The predicted molar refractivity (Wildman–Crippen MR) is 49.9 cm³/mol. The van der Waals surface area contributed by atoms with Crippen LogP contribution in [0.1, 0.15) is 11.1 Å². The zero-order valence-corrected chi connectivity index (χ0v) is 9.09. The number of hydrogen-bond acceptors (Lipinski definition) is 2. The van der Waals surface area contributed by atoms with Gasteiger partial charge in [0.2, 0.25) is 0 Å². The SMILES string of the molecule is CSc1ccc(C(F)(F)F)c(C(F)(F)F)c1O. The van der Waals surface area contributed by atoms with Gasteiger partial charge in [0.05, 0.1) is 5.56 Å². The van der Waals surface area contributed by atoms with Crippen molar-refractivity contribution in [1.82, 2.24) is 0 Å². The van der Waals surface area contributed by atoms with Crippen molar-refractivity contribution in [3.63, 3.8) is 0 Å². The van der Waals surface area contributed by atoms with Crippen LogP contribution in [0.3, 0.4) is 0 Å². The number of halogens is 6. The Morgan fingerprint density at radius 2 is 1.53 bits per heavy atom. The molecule has 0 aliphatic heterocycles. The standard InChI is InChI=1S/C9H6F6OS/c1-17-5-3-2-4(8(10,11)12)6(7(5)16)9(13,14)15/h2-3,16H,1H3. The molecule has 1 aromatic carbocycles. The van der Waals surface area contributed by atoms with Crippen LogP contribution in [0.15, 0.2) is 17.0 Å². The molecule has 0 unspecified atom stereocenters. The highest BCUT2D eigenvalue weighted by Crippen LogP contribution is 2.47. The molecular formula is C9H6F6OS. The molecule has 96 valence electrons. The number of phenolic OH excluding ortho intramolecular Hbond substituents is 1. The molecule has 17 heavy (non-hydrogen) atoms. The lowest BCUT2D eigenvalue weighted by atomic mass is 10.1. The van der Waals surface area contributed by atoms with Gasteiger partial charge in [-0.25, -0.2) is 0 Å². The van der Waals surface area contributed by atoms with Gasteiger partial charge in [0.15, 0.2) is 0 Å². The fraction of sp³-hybridized carbons (Fsp3) is 0.333. The third-order valence-corrected chi connectivity index (χ3v) is 2.72. The van der Waals surface area contributed by atoms with Crippen LogP contribution >= 0.6 is 11.8 Å². The molecule has 0 aliphatic rings. The molecule has 0 saturated heterocycles. The van der Waals surface area contributed by atoms with Gasteiger partial charge in [-0.3, -0.25) is 0 Å². The second kappa shape index (κ2) is 4.32. The quantitative estimate of drug-likeness (QED) is 0.614. The number of phenols is 1. The van der Waals surface area contributed by atoms with E-state index in [1.807, 2.05) is 0 Å².